The molecule has 1 unspecified atom stereocenters. The van der Waals surface area contributed by atoms with Crippen LogP contribution in [0.15, 0.2) is 11.6 Å². The second kappa shape index (κ2) is 2.84. The zero-order valence-corrected chi connectivity index (χ0v) is 5.83. The molecule has 1 heterocycles. The largest absolute Gasteiger partial charge is 0.478 e. The number of ether oxygens (including phenoxy) is 1. The molecule has 0 bridgehead atoms. The number of hydrogen-bond acceptors (Lipinski definition) is 2. The van der Waals surface area contributed by atoms with Crippen molar-refractivity contribution >= 4 is 5.97 Å². The quantitative estimate of drug-likeness (QED) is 0.589. The maximum atomic E-state index is 10.4. The van der Waals surface area contributed by atoms with Crippen molar-refractivity contribution in [2.24, 2.45) is 0 Å². The Balaban J connectivity index is 2.71. The Morgan fingerprint density at radius 3 is 3.00 bits per heavy atom. The van der Waals surface area contributed by atoms with Crippen LogP contribution in [0.4, 0.5) is 0 Å². The van der Waals surface area contributed by atoms with Crippen LogP contribution < -0.4 is 0 Å². The highest BCUT2D eigenvalue weighted by Gasteiger charge is 2.18. The zero-order valence-electron chi connectivity index (χ0n) is 5.83. The van der Waals surface area contributed by atoms with Crippen molar-refractivity contribution in [3.05, 3.63) is 11.6 Å². The number of rotatable bonds is 1. The molecule has 0 saturated heterocycles. The SMILES string of the molecule is CC1OCCC=C1C(=O)O. The second-order valence-corrected chi connectivity index (χ2v) is 2.27. The Labute approximate surface area is 59.3 Å². The van der Waals surface area contributed by atoms with E-state index in [0.29, 0.717) is 18.6 Å². The van der Waals surface area contributed by atoms with Crippen molar-refractivity contribution in [1.82, 2.24) is 0 Å². The van der Waals surface area contributed by atoms with Gasteiger partial charge in [0.15, 0.2) is 0 Å². The van der Waals surface area contributed by atoms with Gasteiger partial charge in [0.1, 0.15) is 0 Å². The van der Waals surface area contributed by atoms with E-state index >= 15 is 0 Å². The first kappa shape index (κ1) is 7.28. The number of aliphatic carboxylic acids is 1. The maximum Gasteiger partial charge on any atom is 0.333 e. The lowest BCUT2D eigenvalue weighted by atomic mass is 10.1. The van der Waals surface area contributed by atoms with Crippen LogP contribution in [0.25, 0.3) is 0 Å². The van der Waals surface area contributed by atoms with Crippen LogP contribution in [0.3, 0.4) is 0 Å². The summed E-state index contributed by atoms with van der Waals surface area (Å²) in [6, 6.07) is 0. The van der Waals surface area contributed by atoms with E-state index in [1.54, 1.807) is 13.0 Å². The monoisotopic (exact) mass is 142 g/mol. The molecule has 0 aliphatic carbocycles. The molecule has 1 atom stereocenters. The Morgan fingerprint density at radius 1 is 1.90 bits per heavy atom. The van der Waals surface area contributed by atoms with Gasteiger partial charge in [-0.05, 0) is 13.3 Å². The highest BCUT2D eigenvalue weighted by atomic mass is 16.5. The third-order valence-electron chi connectivity index (χ3n) is 1.53. The lowest BCUT2D eigenvalue weighted by molar-refractivity contribution is -0.134. The molecule has 3 nitrogen and oxygen atoms in total. The fourth-order valence-corrected chi connectivity index (χ4v) is 0.976. The minimum Gasteiger partial charge on any atom is -0.478 e. The highest BCUT2D eigenvalue weighted by molar-refractivity contribution is 5.87. The van der Waals surface area contributed by atoms with Gasteiger partial charge in [0.2, 0.25) is 0 Å². The molecule has 1 aliphatic heterocycles. The molecule has 0 fully saturated rings. The summed E-state index contributed by atoms with van der Waals surface area (Å²) < 4.78 is 5.10. The summed E-state index contributed by atoms with van der Waals surface area (Å²) in [5.41, 5.74) is 0.381. The van der Waals surface area contributed by atoms with E-state index in [1.165, 1.54) is 0 Å². The van der Waals surface area contributed by atoms with Gasteiger partial charge in [-0.2, -0.15) is 0 Å². The summed E-state index contributed by atoms with van der Waals surface area (Å²) in [6.07, 6.45) is 2.19. The first-order valence-electron chi connectivity index (χ1n) is 3.27. The fraction of sp³-hybridized carbons (Fsp3) is 0.571. The number of carboxylic acids is 1. The molecule has 0 saturated carbocycles. The first-order chi connectivity index (χ1) is 4.72. The molecular weight excluding hydrogens is 132 g/mol. The number of carboxylic acid groups (broad SMARTS) is 1. The molecule has 0 aromatic rings. The van der Waals surface area contributed by atoms with E-state index in [2.05, 4.69) is 0 Å². The van der Waals surface area contributed by atoms with Gasteiger partial charge < -0.3 is 9.84 Å². The standard InChI is InChI=1S/C7H10O3/c1-5-6(7(8)9)3-2-4-10-5/h3,5H,2,4H2,1H3,(H,8,9). The van der Waals surface area contributed by atoms with E-state index in [1.807, 2.05) is 0 Å². The van der Waals surface area contributed by atoms with Crippen molar-refractivity contribution in [3.63, 3.8) is 0 Å². The molecule has 56 valence electrons. The summed E-state index contributed by atoms with van der Waals surface area (Å²) in [5.74, 6) is -0.868. The topological polar surface area (TPSA) is 46.5 Å². The molecule has 0 amide bonds. The van der Waals surface area contributed by atoms with Gasteiger partial charge in [0, 0.05) is 0 Å². The molecule has 0 aromatic carbocycles. The second-order valence-electron chi connectivity index (χ2n) is 2.27. The van der Waals surface area contributed by atoms with E-state index < -0.39 is 5.97 Å². The van der Waals surface area contributed by atoms with Crippen LogP contribution >= 0.6 is 0 Å². The molecule has 3 heteroatoms. The summed E-state index contributed by atoms with van der Waals surface area (Å²) in [6.45, 7) is 2.39. The van der Waals surface area contributed by atoms with Crippen LogP contribution in [-0.2, 0) is 9.53 Å². The molecule has 0 spiro atoms. The lowest BCUT2D eigenvalue weighted by Crippen LogP contribution is -2.22. The summed E-state index contributed by atoms with van der Waals surface area (Å²) in [5, 5.41) is 8.56. The Morgan fingerprint density at radius 2 is 2.60 bits per heavy atom. The molecule has 10 heavy (non-hydrogen) atoms. The zero-order chi connectivity index (χ0) is 7.56. The number of carbonyl (C=O) groups is 1. The van der Waals surface area contributed by atoms with E-state index in [4.69, 9.17) is 9.84 Å². The fourth-order valence-electron chi connectivity index (χ4n) is 0.976. The predicted molar refractivity (Wildman–Crippen MR) is 35.7 cm³/mol. The normalized spacial score (nSPS) is 25.7. The Hall–Kier alpha value is -0.830. The maximum absolute atomic E-state index is 10.4. The minimum absolute atomic E-state index is 0.244. The predicted octanol–water partition coefficient (Wildman–Crippen LogP) is 0.806. The molecule has 0 aromatic heterocycles. The van der Waals surface area contributed by atoms with Crippen LogP contribution in [-0.4, -0.2) is 23.8 Å². The number of hydrogen-bond donors (Lipinski definition) is 1. The molecule has 1 rings (SSSR count). The average Bonchev–Trinajstić information content (AvgIpc) is 1.88. The Kier molecular flexibility index (Phi) is 2.06. The van der Waals surface area contributed by atoms with Gasteiger partial charge >= 0.3 is 5.97 Å². The summed E-state index contributed by atoms with van der Waals surface area (Å²) in [7, 11) is 0. The van der Waals surface area contributed by atoms with Gasteiger partial charge in [-0.15, -0.1) is 0 Å². The van der Waals surface area contributed by atoms with Gasteiger partial charge in [-0.1, -0.05) is 6.08 Å². The van der Waals surface area contributed by atoms with Crippen LogP contribution in [0, 0.1) is 0 Å². The smallest absolute Gasteiger partial charge is 0.333 e. The Bertz CT molecular complexity index is 172. The van der Waals surface area contributed by atoms with Gasteiger partial charge in [-0.25, -0.2) is 4.79 Å². The molecule has 1 aliphatic rings. The van der Waals surface area contributed by atoms with Crippen LogP contribution in [0.2, 0.25) is 0 Å². The molecular formula is C7H10O3. The summed E-state index contributed by atoms with van der Waals surface area (Å²) >= 11 is 0. The van der Waals surface area contributed by atoms with E-state index in [-0.39, 0.29) is 6.10 Å². The lowest BCUT2D eigenvalue weighted by Gasteiger charge is -2.17. The van der Waals surface area contributed by atoms with Crippen LogP contribution in [0.5, 0.6) is 0 Å². The molecule has 0 radical (unpaired) electrons. The van der Waals surface area contributed by atoms with E-state index in [0.717, 1.165) is 0 Å². The van der Waals surface area contributed by atoms with Crippen molar-refractivity contribution in [2.75, 3.05) is 6.61 Å². The van der Waals surface area contributed by atoms with Crippen molar-refractivity contribution in [1.29, 1.82) is 0 Å². The van der Waals surface area contributed by atoms with Crippen molar-refractivity contribution in [2.45, 2.75) is 19.4 Å². The van der Waals surface area contributed by atoms with Crippen LogP contribution in [0.1, 0.15) is 13.3 Å². The van der Waals surface area contributed by atoms with Gasteiger partial charge in [0.05, 0.1) is 18.3 Å². The average molecular weight is 142 g/mol. The van der Waals surface area contributed by atoms with Crippen molar-refractivity contribution in [3.8, 4) is 0 Å². The third kappa shape index (κ3) is 1.36. The van der Waals surface area contributed by atoms with Gasteiger partial charge in [-0.3, -0.25) is 0 Å². The summed E-state index contributed by atoms with van der Waals surface area (Å²) in [4.78, 5) is 10.4. The highest BCUT2D eigenvalue weighted by Crippen LogP contribution is 2.13. The third-order valence-corrected chi connectivity index (χ3v) is 1.53. The molecule has 1 N–H and O–H groups in total. The minimum atomic E-state index is -0.868. The first-order valence-corrected chi connectivity index (χ1v) is 3.27. The van der Waals surface area contributed by atoms with Crippen molar-refractivity contribution < 1.29 is 14.6 Å². The van der Waals surface area contributed by atoms with Gasteiger partial charge in [0.25, 0.3) is 0 Å². The van der Waals surface area contributed by atoms with E-state index in [9.17, 15) is 4.79 Å².